The lowest BCUT2D eigenvalue weighted by Gasteiger charge is -2.09. The zero-order valence-electron chi connectivity index (χ0n) is 11.1. The SMILES string of the molecule is Cc1ccnc2c1nc(C(C)Cl)n2Cc1sccc1Br. The summed E-state index contributed by atoms with van der Waals surface area (Å²) in [5.41, 5.74) is 2.95. The van der Waals surface area contributed by atoms with Crippen LogP contribution < -0.4 is 0 Å². The molecule has 0 N–H and O–H groups in total. The first-order chi connectivity index (χ1) is 9.58. The number of aryl methyl sites for hydroxylation is 1. The third-order valence-electron chi connectivity index (χ3n) is 3.21. The van der Waals surface area contributed by atoms with Crippen LogP contribution >= 0.6 is 38.9 Å². The average Bonchev–Trinajstić information content (AvgIpc) is 2.96. The van der Waals surface area contributed by atoms with E-state index in [1.54, 1.807) is 11.3 Å². The van der Waals surface area contributed by atoms with Crippen molar-refractivity contribution in [3.63, 3.8) is 0 Å². The third-order valence-corrected chi connectivity index (χ3v) is 5.32. The van der Waals surface area contributed by atoms with Crippen LogP contribution in [0.4, 0.5) is 0 Å². The summed E-state index contributed by atoms with van der Waals surface area (Å²) in [4.78, 5) is 10.4. The molecule has 3 aromatic heterocycles. The van der Waals surface area contributed by atoms with Crippen LogP contribution in [0.25, 0.3) is 11.2 Å². The summed E-state index contributed by atoms with van der Waals surface area (Å²) in [6.45, 7) is 4.72. The van der Waals surface area contributed by atoms with Gasteiger partial charge in [0.25, 0.3) is 0 Å². The Morgan fingerprint density at radius 2 is 2.25 bits per heavy atom. The highest BCUT2D eigenvalue weighted by atomic mass is 79.9. The van der Waals surface area contributed by atoms with Crippen LogP contribution in [0.3, 0.4) is 0 Å². The van der Waals surface area contributed by atoms with Crippen LogP contribution in [0.5, 0.6) is 0 Å². The first-order valence-corrected chi connectivity index (χ1v) is 8.36. The fourth-order valence-corrected chi connectivity index (χ4v) is 3.83. The maximum Gasteiger partial charge on any atom is 0.160 e. The lowest BCUT2D eigenvalue weighted by Crippen LogP contribution is -2.05. The molecule has 0 aliphatic rings. The van der Waals surface area contributed by atoms with Crippen molar-refractivity contribution < 1.29 is 0 Å². The van der Waals surface area contributed by atoms with Crippen molar-refractivity contribution in [3.8, 4) is 0 Å². The lowest BCUT2D eigenvalue weighted by atomic mass is 10.3. The van der Waals surface area contributed by atoms with Crippen LogP contribution in [0.2, 0.25) is 0 Å². The Morgan fingerprint density at radius 3 is 2.90 bits per heavy atom. The molecule has 0 spiro atoms. The minimum atomic E-state index is -0.151. The van der Waals surface area contributed by atoms with Crippen LogP contribution in [-0.4, -0.2) is 14.5 Å². The van der Waals surface area contributed by atoms with Gasteiger partial charge in [0.15, 0.2) is 5.65 Å². The first-order valence-electron chi connectivity index (χ1n) is 6.25. The highest BCUT2D eigenvalue weighted by Gasteiger charge is 2.18. The molecule has 1 atom stereocenters. The molecule has 1 unspecified atom stereocenters. The fraction of sp³-hybridized carbons (Fsp3) is 0.286. The van der Waals surface area contributed by atoms with E-state index in [0.29, 0.717) is 0 Å². The van der Waals surface area contributed by atoms with Crippen molar-refractivity contribution in [2.75, 3.05) is 0 Å². The molecular formula is C14H13BrClN3S. The van der Waals surface area contributed by atoms with E-state index in [4.69, 9.17) is 11.6 Å². The number of halogens is 2. The molecule has 0 aliphatic heterocycles. The van der Waals surface area contributed by atoms with E-state index in [0.717, 1.165) is 33.6 Å². The number of aromatic nitrogens is 3. The molecule has 0 bridgehead atoms. The third kappa shape index (κ3) is 2.38. The Morgan fingerprint density at radius 1 is 1.45 bits per heavy atom. The summed E-state index contributed by atoms with van der Waals surface area (Å²) in [6, 6.07) is 4.03. The lowest BCUT2D eigenvalue weighted by molar-refractivity contribution is 0.742. The first kappa shape index (κ1) is 14.0. The largest absolute Gasteiger partial charge is 0.306 e. The van der Waals surface area contributed by atoms with Crippen molar-refractivity contribution in [2.45, 2.75) is 25.8 Å². The standard InChI is InChI=1S/C14H13BrClN3S/c1-8-3-5-17-14-12(8)18-13(9(2)16)19(14)7-11-10(15)4-6-20-11/h3-6,9H,7H2,1-2H3. The highest BCUT2D eigenvalue weighted by molar-refractivity contribution is 9.10. The number of rotatable bonds is 3. The van der Waals surface area contributed by atoms with Gasteiger partial charge in [0.05, 0.1) is 11.9 Å². The zero-order chi connectivity index (χ0) is 14.3. The molecule has 0 saturated carbocycles. The predicted molar refractivity (Wildman–Crippen MR) is 87.7 cm³/mol. The number of imidazole rings is 1. The summed E-state index contributed by atoms with van der Waals surface area (Å²) in [5, 5.41) is 1.92. The molecule has 3 nitrogen and oxygen atoms in total. The Bertz CT molecular complexity index is 763. The number of nitrogens with zero attached hydrogens (tertiary/aromatic N) is 3. The van der Waals surface area contributed by atoms with E-state index in [2.05, 4.69) is 41.9 Å². The van der Waals surface area contributed by atoms with Crippen LogP contribution in [0.1, 0.15) is 28.6 Å². The van der Waals surface area contributed by atoms with Crippen molar-refractivity contribution in [2.24, 2.45) is 0 Å². The van der Waals surface area contributed by atoms with Gasteiger partial charge in [-0.15, -0.1) is 22.9 Å². The number of hydrogen-bond donors (Lipinski definition) is 0. The molecule has 0 radical (unpaired) electrons. The minimum absolute atomic E-state index is 0.151. The van der Waals surface area contributed by atoms with Gasteiger partial charge in [-0.2, -0.15) is 0 Å². The molecule has 0 saturated heterocycles. The van der Waals surface area contributed by atoms with Crippen LogP contribution in [0, 0.1) is 6.92 Å². The summed E-state index contributed by atoms with van der Waals surface area (Å²) in [6.07, 6.45) is 1.82. The maximum absolute atomic E-state index is 6.29. The van der Waals surface area contributed by atoms with E-state index in [-0.39, 0.29) is 5.38 Å². The zero-order valence-corrected chi connectivity index (χ0v) is 14.3. The quantitative estimate of drug-likeness (QED) is 0.613. The van der Waals surface area contributed by atoms with Gasteiger partial charge in [0.2, 0.25) is 0 Å². The van der Waals surface area contributed by atoms with E-state index in [1.807, 2.05) is 26.1 Å². The van der Waals surface area contributed by atoms with Gasteiger partial charge in [0, 0.05) is 15.5 Å². The topological polar surface area (TPSA) is 30.7 Å². The highest BCUT2D eigenvalue weighted by Crippen LogP contribution is 2.29. The molecule has 104 valence electrons. The van der Waals surface area contributed by atoms with Gasteiger partial charge in [-0.05, 0) is 52.9 Å². The molecule has 0 aliphatic carbocycles. The van der Waals surface area contributed by atoms with Crippen LogP contribution in [-0.2, 0) is 6.54 Å². The van der Waals surface area contributed by atoms with Gasteiger partial charge in [-0.3, -0.25) is 0 Å². The number of pyridine rings is 1. The monoisotopic (exact) mass is 369 g/mol. The van der Waals surface area contributed by atoms with Crippen LogP contribution in [0.15, 0.2) is 28.2 Å². The Balaban J connectivity index is 2.19. The van der Waals surface area contributed by atoms with E-state index in [1.165, 1.54) is 4.88 Å². The second kappa shape index (κ2) is 5.47. The number of thiophene rings is 1. The van der Waals surface area contributed by atoms with Gasteiger partial charge >= 0.3 is 0 Å². The van der Waals surface area contributed by atoms with Gasteiger partial charge in [0.1, 0.15) is 11.3 Å². The number of alkyl halides is 1. The van der Waals surface area contributed by atoms with Gasteiger partial charge in [-0.25, -0.2) is 9.97 Å². The second-order valence-corrected chi connectivity index (χ2v) is 7.17. The Hall–Kier alpha value is -0.910. The second-order valence-electron chi connectivity index (χ2n) is 4.66. The smallest absolute Gasteiger partial charge is 0.160 e. The van der Waals surface area contributed by atoms with Crippen molar-refractivity contribution in [1.82, 2.24) is 14.5 Å². The summed E-state index contributed by atoms with van der Waals surface area (Å²) >= 11 is 11.6. The molecule has 0 amide bonds. The summed E-state index contributed by atoms with van der Waals surface area (Å²) in [5.74, 6) is 0.865. The predicted octanol–water partition coefficient (Wildman–Crippen LogP) is 4.91. The van der Waals surface area contributed by atoms with Crippen molar-refractivity contribution >= 4 is 50.0 Å². The van der Waals surface area contributed by atoms with Gasteiger partial charge in [-0.1, -0.05) is 0 Å². The molecular weight excluding hydrogens is 358 g/mol. The van der Waals surface area contributed by atoms with E-state index < -0.39 is 0 Å². The van der Waals surface area contributed by atoms with Gasteiger partial charge < -0.3 is 4.57 Å². The van der Waals surface area contributed by atoms with E-state index in [9.17, 15) is 0 Å². The van der Waals surface area contributed by atoms with E-state index >= 15 is 0 Å². The maximum atomic E-state index is 6.29. The molecule has 6 heteroatoms. The van der Waals surface area contributed by atoms with Crippen molar-refractivity contribution in [3.05, 3.63) is 44.4 Å². The Labute approximate surface area is 134 Å². The number of fused-ring (bicyclic) bond motifs is 1. The average molecular weight is 371 g/mol. The number of hydrogen-bond acceptors (Lipinski definition) is 3. The summed E-state index contributed by atoms with van der Waals surface area (Å²) in [7, 11) is 0. The molecule has 0 aromatic carbocycles. The normalized spacial score (nSPS) is 13.0. The Kier molecular flexibility index (Phi) is 3.84. The molecule has 0 fully saturated rings. The summed E-state index contributed by atoms with van der Waals surface area (Å²) < 4.78 is 3.22. The molecule has 3 heterocycles. The minimum Gasteiger partial charge on any atom is -0.306 e. The molecule has 3 aromatic rings. The fourth-order valence-electron chi connectivity index (χ4n) is 2.20. The molecule has 20 heavy (non-hydrogen) atoms. The molecule has 3 rings (SSSR count). The van der Waals surface area contributed by atoms with Crippen molar-refractivity contribution in [1.29, 1.82) is 0 Å².